The number of hydrogen-bond donors (Lipinski definition) is 1. The predicted molar refractivity (Wildman–Crippen MR) is 33.7 cm³/mol. The molecule has 1 aliphatic heterocycles. The predicted octanol–water partition coefficient (Wildman–Crippen LogP) is 1.01. The fraction of sp³-hybridized carbons (Fsp3) is 1.00. The van der Waals surface area contributed by atoms with Gasteiger partial charge in [-0.05, 0) is 37.3 Å². The Morgan fingerprint density at radius 3 is 3.00 bits per heavy atom. The summed E-state index contributed by atoms with van der Waals surface area (Å²) in [6.45, 7) is 4.96. The third-order valence-corrected chi connectivity index (χ3v) is 2.80. The van der Waals surface area contributed by atoms with Gasteiger partial charge in [0, 0.05) is 0 Å². The Kier molecular flexibility index (Phi) is 0.762. The van der Waals surface area contributed by atoms with Crippen LogP contribution in [0, 0.1) is 11.3 Å². The molecule has 0 aromatic carbocycles. The van der Waals surface area contributed by atoms with E-state index in [1.165, 1.54) is 25.9 Å². The van der Waals surface area contributed by atoms with Crippen molar-refractivity contribution in [1.82, 2.24) is 5.32 Å². The fourth-order valence-electron chi connectivity index (χ4n) is 1.78. The molecule has 0 aromatic heterocycles. The third-order valence-electron chi connectivity index (χ3n) is 2.80. The van der Waals surface area contributed by atoms with Gasteiger partial charge in [-0.25, -0.2) is 0 Å². The van der Waals surface area contributed by atoms with E-state index in [2.05, 4.69) is 12.2 Å². The lowest BCUT2D eigenvalue weighted by molar-refractivity contribution is 0.382. The first-order valence-corrected chi connectivity index (χ1v) is 3.52. The van der Waals surface area contributed by atoms with Gasteiger partial charge in [-0.2, -0.15) is 0 Å². The molecular formula is C7H13N. The molecule has 0 unspecified atom stereocenters. The van der Waals surface area contributed by atoms with Crippen LogP contribution >= 0.6 is 0 Å². The van der Waals surface area contributed by atoms with Crippen molar-refractivity contribution in [2.45, 2.75) is 19.8 Å². The first kappa shape index (κ1) is 4.80. The van der Waals surface area contributed by atoms with E-state index in [4.69, 9.17) is 0 Å². The van der Waals surface area contributed by atoms with Gasteiger partial charge in [0.2, 0.25) is 0 Å². The van der Waals surface area contributed by atoms with Crippen molar-refractivity contribution in [3.8, 4) is 0 Å². The van der Waals surface area contributed by atoms with Crippen molar-refractivity contribution in [2.75, 3.05) is 13.1 Å². The van der Waals surface area contributed by atoms with E-state index in [1.54, 1.807) is 0 Å². The molecule has 1 nitrogen and oxygen atoms in total. The van der Waals surface area contributed by atoms with Crippen LogP contribution in [0.3, 0.4) is 0 Å². The van der Waals surface area contributed by atoms with Crippen LogP contribution in [0.1, 0.15) is 19.8 Å². The Bertz CT molecular complexity index is 109. The van der Waals surface area contributed by atoms with Crippen molar-refractivity contribution in [1.29, 1.82) is 0 Å². The van der Waals surface area contributed by atoms with Crippen molar-refractivity contribution in [2.24, 2.45) is 11.3 Å². The van der Waals surface area contributed by atoms with Gasteiger partial charge in [0.05, 0.1) is 0 Å². The third kappa shape index (κ3) is 0.510. The Balaban J connectivity index is 2.04. The molecule has 1 N–H and O–H groups in total. The molecule has 2 fully saturated rings. The molecule has 8 heavy (non-hydrogen) atoms. The minimum atomic E-state index is 0.783. The molecule has 0 spiro atoms. The summed E-state index contributed by atoms with van der Waals surface area (Å²) in [7, 11) is 0. The van der Waals surface area contributed by atoms with E-state index in [0.29, 0.717) is 0 Å². The highest BCUT2D eigenvalue weighted by Gasteiger charge is 2.50. The average molecular weight is 111 g/mol. The minimum Gasteiger partial charge on any atom is -0.316 e. The zero-order chi connectivity index (χ0) is 5.61. The Morgan fingerprint density at radius 1 is 1.62 bits per heavy atom. The lowest BCUT2D eigenvalue weighted by Crippen LogP contribution is -2.27. The Hall–Kier alpha value is -0.0400. The van der Waals surface area contributed by atoms with Gasteiger partial charge in [-0.1, -0.05) is 6.92 Å². The summed E-state index contributed by atoms with van der Waals surface area (Å²) in [4.78, 5) is 0. The summed E-state index contributed by atoms with van der Waals surface area (Å²) in [5.41, 5.74) is 0.783. The maximum atomic E-state index is 3.40. The summed E-state index contributed by atoms with van der Waals surface area (Å²) in [5, 5.41) is 3.40. The van der Waals surface area contributed by atoms with Gasteiger partial charge in [0.15, 0.2) is 0 Å². The van der Waals surface area contributed by atoms with E-state index < -0.39 is 0 Å². The number of fused-ring (bicyclic) bond motifs is 1. The van der Waals surface area contributed by atoms with Crippen LogP contribution in [0.2, 0.25) is 0 Å². The fourth-order valence-corrected chi connectivity index (χ4v) is 1.78. The number of nitrogens with one attached hydrogen (secondary N) is 1. The van der Waals surface area contributed by atoms with Gasteiger partial charge >= 0.3 is 0 Å². The standard InChI is InChI=1S/C7H13N/c1-7-2-3-8-5-6(7)4-7/h6,8H,2-5H2,1H3/t6-,7+/m1/s1. The highest BCUT2D eigenvalue weighted by Crippen LogP contribution is 2.55. The van der Waals surface area contributed by atoms with Gasteiger partial charge in [0.25, 0.3) is 0 Å². The molecule has 1 saturated carbocycles. The van der Waals surface area contributed by atoms with Gasteiger partial charge in [0.1, 0.15) is 0 Å². The van der Waals surface area contributed by atoms with Crippen molar-refractivity contribution >= 4 is 0 Å². The van der Waals surface area contributed by atoms with Crippen LogP contribution in [0.15, 0.2) is 0 Å². The smallest absolute Gasteiger partial charge is 0.00151 e. The molecule has 1 heteroatoms. The average Bonchev–Trinajstić information content (AvgIpc) is 2.39. The molecule has 1 aliphatic carbocycles. The molecule has 0 bridgehead atoms. The molecule has 0 aromatic rings. The molecule has 0 amide bonds. The molecular weight excluding hydrogens is 98.1 g/mol. The van der Waals surface area contributed by atoms with E-state index in [-0.39, 0.29) is 0 Å². The van der Waals surface area contributed by atoms with Crippen molar-refractivity contribution in [3.63, 3.8) is 0 Å². The van der Waals surface area contributed by atoms with E-state index >= 15 is 0 Å². The van der Waals surface area contributed by atoms with Gasteiger partial charge in [-0.15, -0.1) is 0 Å². The summed E-state index contributed by atoms with van der Waals surface area (Å²) in [6.07, 6.45) is 2.90. The Labute approximate surface area is 50.5 Å². The quantitative estimate of drug-likeness (QED) is 0.492. The maximum absolute atomic E-state index is 3.40. The van der Waals surface area contributed by atoms with E-state index in [9.17, 15) is 0 Å². The van der Waals surface area contributed by atoms with Crippen molar-refractivity contribution < 1.29 is 0 Å². The second-order valence-corrected chi connectivity index (χ2v) is 3.51. The van der Waals surface area contributed by atoms with E-state index in [0.717, 1.165) is 11.3 Å². The first-order valence-electron chi connectivity index (χ1n) is 3.52. The molecule has 1 saturated heterocycles. The molecule has 2 rings (SSSR count). The topological polar surface area (TPSA) is 12.0 Å². The van der Waals surface area contributed by atoms with Crippen LogP contribution in [0.5, 0.6) is 0 Å². The molecule has 1 heterocycles. The second kappa shape index (κ2) is 1.27. The van der Waals surface area contributed by atoms with Crippen LogP contribution < -0.4 is 5.32 Å². The number of hydrogen-bond acceptors (Lipinski definition) is 1. The van der Waals surface area contributed by atoms with Gasteiger partial charge < -0.3 is 5.32 Å². The monoisotopic (exact) mass is 111 g/mol. The highest BCUT2D eigenvalue weighted by atomic mass is 14.9. The largest absolute Gasteiger partial charge is 0.316 e. The molecule has 2 atom stereocenters. The summed E-state index contributed by atoms with van der Waals surface area (Å²) < 4.78 is 0. The minimum absolute atomic E-state index is 0.783. The molecule has 2 aliphatic rings. The van der Waals surface area contributed by atoms with Crippen LogP contribution in [0.4, 0.5) is 0 Å². The summed E-state index contributed by atoms with van der Waals surface area (Å²) >= 11 is 0. The summed E-state index contributed by atoms with van der Waals surface area (Å²) in [6, 6.07) is 0. The Morgan fingerprint density at radius 2 is 2.50 bits per heavy atom. The van der Waals surface area contributed by atoms with Gasteiger partial charge in [-0.3, -0.25) is 0 Å². The normalized spacial score (nSPS) is 52.9. The van der Waals surface area contributed by atoms with Crippen LogP contribution in [0.25, 0.3) is 0 Å². The first-order chi connectivity index (χ1) is 3.81. The van der Waals surface area contributed by atoms with Crippen LogP contribution in [-0.2, 0) is 0 Å². The number of piperidine rings is 1. The SMILES string of the molecule is C[C@@]12CCNC[C@H]1C2. The second-order valence-electron chi connectivity index (χ2n) is 3.51. The zero-order valence-electron chi connectivity index (χ0n) is 5.41. The lowest BCUT2D eigenvalue weighted by Gasteiger charge is -2.17. The van der Waals surface area contributed by atoms with Crippen molar-refractivity contribution in [3.05, 3.63) is 0 Å². The molecule has 46 valence electrons. The van der Waals surface area contributed by atoms with E-state index in [1.807, 2.05) is 0 Å². The maximum Gasteiger partial charge on any atom is -0.00151 e. The zero-order valence-corrected chi connectivity index (χ0v) is 5.41. The van der Waals surface area contributed by atoms with Crippen LogP contribution in [-0.4, -0.2) is 13.1 Å². The highest BCUT2D eigenvalue weighted by molar-refractivity contribution is 5.02. The lowest BCUT2D eigenvalue weighted by atomic mass is 9.99. The number of rotatable bonds is 0. The molecule has 0 radical (unpaired) electrons. The summed E-state index contributed by atoms with van der Waals surface area (Å²) in [5.74, 6) is 1.04.